The predicted molar refractivity (Wildman–Crippen MR) is 61.8 cm³/mol. The summed E-state index contributed by atoms with van der Waals surface area (Å²) in [6.07, 6.45) is 0. The summed E-state index contributed by atoms with van der Waals surface area (Å²) >= 11 is 16.5. The zero-order chi connectivity index (χ0) is 12.9. The summed E-state index contributed by atoms with van der Waals surface area (Å²) in [5.41, 5.74) is 4.70. The van der Waals surface area contributed by atoms with E-state index in [-0.39, 0.29) is 20.9 Å². The van der Waals surface area contributed by atoms with Gasteiger partial charge in [0.15, 0.2) is 5.15 Å². The Hall–Kier alpha value is -0.750. The molecule has 1 heterocycles. The second-order valence-corrected chi connectivity index (χ2v) is 3.77. The molecule has 1 aromatic rings. The van der Waals surface area contributed by atoms with Crippen LogP contribution in [0.5, 0.6) is 0 Å². The maximum absolute atomic E-state index is 10.4. The fourth-order valence-corrected chi connectivity index (χ4v) is 1.25. The van der Waals surface area contributed by atoms with E-state index in [1.807, 2.05) is 19.4 Å². The number of aromatic carboxylic acids is 1. The van der Waals surface area contributed by atoms with Crippen molar-refractivity contribution in [2.45, 2.75) is 0 Å². The first-order valence-electron chi connectivity index (χ1n) is 4.12. The predicted octanol–water partition coefficient (Wildman–Crippen LogP) is -0.203. The van der Waals surface area contributed by atoms with Crippen LogP contribution in [-0.2, 0) is 0 Å². The smallest absolute Gasteiger partial charge is 0.150 e. The van der Waals surface area contributed by atoms with Crippen molar-refractivity contribution in [2.75, 3.05) is 19.8 Å². The molecular weight excluding hydrogens is 276 g/mol. The molecule has 0 aliphatic carbocycles. The molecule has 0 aliphatic heterocycles. The number of aromatic nitrogens is 1. The van der Waals surface area contributed by atoms with Gasteiger partial charge in [0, 0.05) is 0 Å². The van der Waals surface area contributed by atoms with Crippen molar-refractivity contribution in [3.05, 3.63) is 20.9 Å². The van der Waals surface area contributed by atoms with Gasteiger partial charge in [-0.05, 0) is 0 Å². The molecule has 0 fully saturated rings. The molecule has 0 aliphatic rings. The highest BCUT2D eigenvalue weighted by Gasteiger charge is 2.14. The number of pyridine rings is 1. The summed E-state index contributed by atoms with van der Waals surface area (Å²) in [7, 11) is 4.00. The maximum Gasteiger partial charge on any atom is 0.150 e. The highest BCUT2D eigenvalue weighted by molar-refractivity contribution is 6.45. The topological polar surface area (TPSA) is 95.7 Å². The number of hydrogen-bond acceptors (Lipinski definition) is 4. The van der Waals surface area contributed by atoms with Gasteiger partial charge in [0.05, 0.1) is 30.8 Å². The largest absolute Gasteiger partial charge is 0.543 e. The second kappa shape index (κ2) is 6.75. The Balaban J connectivity index is 0.000000673. The van der Waals surface area contributed by atoms with Gasteiger partial charge in [0.1, 0.15) is 10.7 Å². The van der Waals surface area contributed by atoms with Crippen LogP contribution < -0.4 is 16.2 Å². The molecule has 0 bridgehead atoms. The molecule has 0 aromatic carbocycles. The molecule has 5 nitrogen and oxygen atoms in total. The average molecular weight is 287 g/mol. The highest BCUT2D eigenvalue weighted by Crippen LogP contribution is 2.33. The number of carbonyl (C=O) groups is 1. The highest BCUT2D eigenvalue weighted by atomic mass is 35.5. The van der Waals surface area contributed by atoms with Crippen LogP contribution in [0.3, 0.4) is 0 Å². The van der Waals surface area contributed by atoms with Gasteiger partial charge in [0.2, 0.25) is 0 Å². The lowest BCUT2D eigenvalue weighted by Gasteiger charge is -2.08. The quantitative estimate of drug-likeness (QED) is 0.699. The van der Waals surface area contributed by atoms with Gasteiger partial charge in [-0.2, -0.15) is 0 Å². The van der Waals surface area contributed by atoms with Crippen molar-refractivity contribution < 1.29 is 15.2 Å². The number of hydrogen-bond donors (Lipinski definition) is 2. The van der Waals surface area contributed by atoms with E-state index in [1.54, 1.807) is 0 Å². The van der Waals surface area contributed by atoms with Crippen molar-refractivity contribution in [1.82, 2.24) is 4.98 Å². The van der Waals surface area contributed by atoms with E-state index in [4.69, 9.17) is 40.5 Å². The first kappa shape index (κ1) is 15.2. The first-order valence-corrected chi connectivity index (χ1v) is 5.25. The number of quaternary nitrogens is 1. The van der Waals surface area contributed by atoms with Gasteiger partial charge >= 0.3 is 0 Å². The number of rotatable bonds is 1. The number of carboxylic acid groups (broad SMARTS) is 1. The normalized spacial score (nSPS) is 9.31. The Morgan fingerprint density at radius 3 is 2.12 bits per heavy atom. The molecule has 1 rings (SSSR count). The number of nitrogen functional groups attached to an aromatic ring is 1. The molecule has 0 amide bonds. The standard InChI is InChI=1S/C6H3Cl3N2O2.C2H7N/c7-1-3(10)2(8)5(9)11-4(1)6(12)13;1-3-2/h(H2,10,11)(H,12,13);3H,1-2H3. The van der Waals surface area contributed by atoms with Crippen LogP contribution in [0.4, 0.5) is 5.69 Å². The maximum atomic E-state index is 10.4. The average Bonchev–Trinajstić information content (AvgIpc) is 2.21. The van der Waals surface area contributed by atoms with Crippen molar-refractivity contribution in [2.24, 2.45) is 0 Å². The monoisotopic (exact) mass is 285 g/mol. The summed E-state index contributed by atoms with van der Waals surface area (Å²) in [6, 6.07) is 0. The van der Waals surface area contributed by atoms with Crippen LogP contribution in [0.15, 0.2) is 0 Å². The molecule has 0 spiro atoms. The van der Waals surface area contributed by atoms with E-state index in [0.717, 1.165) is 0 Å². The molecule has 0 saturated carbocycles. The number of nitrogens with two attached hydrogens (primary N) is 2. The fraction of sp³-hybridized carbons (Fsp3) is 0.250. The number of nitrogens with zero attached hydrogens (tertiary/aromatic N) is 1. The third-order valence-electron chi connectivity index (χ3n) is 1.27. The van der Waals surface area contributed by atoms with Crippen molar-refractivity contribution in [3.8, 4) is 0 Å². The first-order chi connectivity index (χ1) is 7.36. The third kappa shape index (κ3) is 3.68. The minimum Gasteiger partial charge on any atom is -0.543 e. The van der Waals surface area contributed by atoms with Gasteiger partial charge in [0.25, 0.3) is 0 Å². The number of carbonyl (C=O) groups excluding carboxylic acids is 1. The van der Waals surface area contributed by atoms with Crippen LogP contribution in [0, 0.1) is 0 Å². The Morgan fingerprint density at radius 1 is 1.31 bits per heavy atom. The SMILES string of the molecule is C[NH2+]C.Nc1c(Cl)c(Cl)nc(C(=O)[O-])c1Cl. The summed E-state index contributed by atoms with van der Waals surface area (Å²) in [6.45, 7) is 0. The summed E-state index contributed by atoms with van der Waals surface area (Å²) < 4.78 is 0. The summed E-state index contributed by atoms with van der Waals surface area (Å²) in [5, 5.41) is 11.9. The summed E-state index contributed by atoms with van der Waals surface area (Å²) in [4.78, 5) is 13.8. The molecule has 8 heteroatoms. The fourth-order valence-electron chi connectivity index (χ4n) is 0.667. The minimum atomic E-state index is -1.56. The van der Waals surface area contributed by atoms with E-state index in [1.165, 1.54) is 0 Å². The molecular formula is C8H10Cl3N3O2. The van der Waals surface area contributed by atoms with Gasteiger partial charge in [-0.25, -0.2) is 4.98 Å². The van der Waals surface area contributed by atoms with E-state index in [9.17, 15) is 9.90 Å². The molecule has 0 radical (unpaired) electrons. The molecule has 0 atom stereocenters. The lowest BCUT2D eigenvalue weighted by atomic mass is 10.3. The molecule has 4 N–H and O–H groups in total. The number of carboxylic acids is 1. The van der Waals surface area contributed by atoms with Gasteiger partial charge < -0.3 is 21.0 Å². The third-order valence-corrected chi connectivity index (χ3v) is 2.40. The number of anilines is 1. The minimum absolute atomic E-state index is 0.0725. The van der Waals surface area contributed by atoms with Crippen LogP contribution in [0.25, 0.3) is 0 Å². The Morgan fingerprint density at radius 2 is 1.75 bits per heavy atom. The molecule has 0 unspecified atom stereocenters. The second-order valence-electron chi connectivity index (χ2n) is 2.66. The Kier molecular flexibility index (Phi) is 6.43. The molecule has 16 heavy (non-hydrogen) atoms. The Bertz CT molecular complexity index is 399. The van der Waals surface area contributed by atoms with Crippen molar-refractivity contribution in [3.63, 3.8) is 0 Å². The van der Waals surface area contributed by atoms with Gasteiger partial charge in [-0.15, -0.1) is 0 Å². The Labute approximate surface area is 108 Å². The van der Waals surface area contributed by atoms with Crippen molar-refractivity contribution in [1.29, 1.82) is 0 Å². The van der Waals surface area contributed by atoms with Gasteiger partial charge in [-0.3, -0.25) is 0 Å². The van der Waals surface area contributed by atoms with Crippen LogP contribution in [0.2, 0.25) is 15.2 Å². The molecule has 1 aromatic heterocycles. The van der Waals surface area contributed by atoms with Gasteiger partial charge in [-0.1, -0.05) is 34.8 Å². The van der Waals surface area contributed by atoms with Crippen LogP contribution in [0.1, 0.15) is 10.5 Å². The van der Waals surface area contributed by atoms with E-state index in [0.29, 0.717) is 0 Å². The number of halogens is 3. The molecule has 90 valence electrons. The van der Waals surface area contributed by atoms with Crippen molar-refractivity contribution >= 4 is 46.5 Å². The summed E-state index contributed by atoms with van der Waals surface area (Å²) in [5.74, 6) is -1.56. The molecule has 0 saturated heterocycles. The lowest BCUT2D eigenvalue weighted by molar-refractivity contribution is -0.597. The zero-order valence-corrected chi connectivity index (χ0v) is 10.8. The zero-order valence-electron chi connectivity index (χ0n) is 8.55. The van der Waals surface area contributed by atoms with E-state index < -0.39 is 11.7 Å². The van der Waals surface area contributed by atoms with E-state index >= 15 is 0 Å². The van der Waals surface area contributed by atoms with E-state index in [2.05, 4.69) is 4.98 Å². The lowest BCUT2D eigenvalue weighted by Crippen LogP contribution is -2.74. The van der Waals surface area contributed by atoms with Crippen LogP contribution in [-0.4, -0.2) is 25.0 Å². The van der Waals surface area contributed by atoms with Crippen LogP contribution >= 0.6 is 34.8 Å².